The van der Waals surface area contributed by atoms with Gasteiger partial charge >= 0.3 is 5.97 Å². The molecule has 0 aliphatic rings. The SMILES string of the molecule is CCOC(=O)c1c(NC(=O)C(Sc2ccccc2)c2ccccc2)sc(C(C)=O)c1C. The summed E-state index contributed by atoms with van der Waals surface area (Å²) in [5, 5.41) is 2.68. The fourth-order valence-corrected chi connectivity index (χ4v) is 5.24. The molecule has 0 fully saturated rings. The number of esters is 1. The average Bonchev–Trinajstić information content (AvgIpc) is 3.09. The van der Waals surface area contributed by atoms with Crippen LogP contribution < -0.4 is 5.32 Å². The van der Waals surface area contributed by atoms with E-state index in [2.05, 4.69) is 5.32 Å². The molecule has 3 aromatic rings. The molecule has 2 aromatic carbocycles. The molecule has 1 unspecified atom stereocenters. The summed E-state index contributed by atoms with van der Waals surface area (Å²) >= 11 is 2.52. The molecule has 7 heteroatoms. The van der Waals surface area contributed by atoms with E-state index in [4.69, 9.17) is 4.74 Å². The van der Waals surface area contributed by atoms with E-state index in [-0.39, 0.29) is 23.9 Å². The third-order valence-electron chi connectivity index (χ3n) is 4.52. The van der Waals surface area contributed by atoms with E-state index >= 15 is 0 Å². The summed E-state index contributed by atoms with van der Waals surface area (Å²) in [4.78, 5) is 39.3. The molecule has 1 N–H and O–H groups in total. The molecule has 1 atom stereocenters. The van der Waals surface area contributed by atoms with Crippen molar-refractivity contribution < 1.29 is 19.1 Å². The van der Waals surface area contributed by atoms with Crippen molar-refractivity contribution in [2.45, 2.75) is 30.9 Å². The molecule has 0 aliphatic heterocycles. The van der Waals surface area contributed by atoms with Gasteiger partial charge in [-0.25, -0.2) is 4.79 Å². The summed E-state index contributed by atoms with van der Waals surface area (Å²) in [6, 6.07) is 19.1. The Balaban J connectivity index is 1.97. The number of anilines is 1. The van der Waals surface area contributed by atoms with Crippen molar-refractivity contribution in [1.29, 1.82) is 0 Å². The Hall–Kier alpha value is -2.90. The smallest absolute Gasteiger partial charge is 0.341 e. The zero-order chi connectivity index (χ0) is 22.4. The lowest BCUT2D eigenvalue weighted by Gasteiger charge is -2.17. The van der Waals surface area contributed by atoms with Crippen LogP contribution in [0.5, 0.6) is 0 Å². The second-order valence-electron chi connectivity index (χ2n) is 6.75. The fraction of sp³-hybridized carbons (Fsp3) is 0.208. The van der Waals surface area contributed by atoms with Gasteiger partial charge in [0, 0.05) is 4.90 Å². The van der Waals surface area contributed by atoms with Gasteiger partial charge in [-0.1, -0.05) is 48.5 Å². The number of ether oxygens (including phenoxy) is 1. The van der Waals surface area contributed by atoms with E-state index in [1.165, 1.54) is 18.7 Å². The van der Waals surface area contributed by atoms with Crippen LogP contribution in [-0.2, 0) is 9.53 Å². The van der Waals surface area contributed by atoms with Crippen molar-refractivity contribution in [3.63, 3.8) is 0 Å². The van der Waals surface area contributed by atoms with E-state index in [9.17, 15) is 14.4 Å². The molecule has 3 rings (SSSR count). The van der Waals surface area contributed by atoms with Crippen LogP contribution in [0.4, 0.5) is 5.00 Å². The number of amides is 1. The Kier molecular flexibility index (Phi) is 7.65. The second kappa shape index (κ2) is 10.4. The predicted molar refractivity (Wildman–Crippen MR) is 125 cm³/mol. The molecule has 1 aromatic heterocycles. The largest absolute Gasteiger partial charge is 0.462 e. The Morgan fingerprint density at radius 3 is 2.23 bits per heavy atom. The monoisotopic (exact) mass is 453 g/mol. The fourth-order valence-electron chi connectivity index (χ4n) is 3.10. The molecule has 5 nitrogen and oxygen atoms in total. The third kappa shape index (κ3) is 5.42. The Labute approximate surface area is 189 Å². The Morgan fingerprint density at radius 2 is 1.65 bits per heavy atom. The number of rotatable bonds is 8. The van der Waals surface area contributed by atoms with Gasteiger partial charge in [-0.3, -0.25) is 9.59 Å². The van der Waals surface area contributed by atoms with Gasteiger partial charge in [0.2, 0.25) is 5.91 Å². The van der Waals surface area contributed by atoms with Crippen LogP contribution in [0, 0.1) is 6.92 Å². The minimum atomic E-state index is -0.550. The number of benzene rings is 2. The molecular formula is C24H23NO4S2. The van der Waals surface area contributed by atoms with Crippen LogP contribution in [0.1, 0.15) is 50.3 Å². The van der Waals surface area contributed by atoms with Crippen molar-refractivity contribution in [3.05, 3.63) is 82.2 Å². The Bertz CT molecular complexity index is 1080. The number of thioether (sulfide) groups is 1. The lowest BCUT2D eigenvalue weighted by molar-refractivity contribution is -0.115. The summed E-state index contributed by atoms with van der Waals surface area (Å²) in [6.45, 7) is 5.05. The zero-order valence-corrected chi connectivity index (χ0v) is 19.1. The molecule has 31 heavy (non-hydrogen) atoms. The first-order valence-electron chi connectivity index (χ1n) is 9.81. The molecule has 0 saturated heterocycles. The van der Waals surface area contributed by atoms with Gasteiger partial charge in [0.1, 0.15) is 10.3 Å². The first-order valence-corrected chi connectivity index (χ1v) is 11.5. The van der Waals surface area contributed by atoms with Crippen molar-refractivity contribution >= 4 is 45.8 Å². The first kappa shape index (κ1) is 22.8. The normalized spacial score (nSPS) is 11.6. The number of thiophene rings is 1. The average molecular weight is 454 g/mol. The maximum absolute atomic E-state index is 13.4. The molecular weight excluding hydrogens is 430 g/mol. The number of ketones is 1. The molecule has 1 amide bonds. The van der Waals surface area contributed by atoms with Gasteiger partial charge in [-0.05, 0) is 44.0 Å². The van der Waals surface area contributed by atoms with E-state index in [0.29, 0.717) is 15.4 Å². The minimum absolute atomic E-state index is 0.160. The van der Waals surface area contributed by atoms with Crippen LogP contribution in [0.3, 0.4) is 0 Å². The molecule has 0 radical (unpaired) electrons. The quantitative estimate of drug-likeness (QED) is 0.261. The zero-order valence-electron chi connectivity index (χ0n) is 17.5. The van der Waals surface area contributed by atoms with Crippen molar-refractivity contribution in [2.24, 2.45) is 0 Å². The van der Waals surface area contributed by atoms with E-state index in [1.807, 2.05) is 60.7 Å². The number of carbonyl (C=O) groups excluding carboxylic acids is 3. The highest BCUT2D eigenvalue weighted by atomic mass is 32.2. The van der Waals surface area contributed by atoms with E-state index < -0.39 is 11.2 Å². The molecule has 1 heterocycles. The van der Waals surface area contributed by atoms with Crippen LogP contribution in [-0.4, -0.2) is 24.3 Å². The van der Waals surface area contributed by atoms with Crippen LogP contribution >= 0.6 is 23.1 Å². The summed E-state index contributed by atoms with van der Waals surface area (Å²) in [7, 11) is 0. The maximum atomic E-state index is 13.4. The highest BCUT2D eigenvalue weighted by molar-refractivity contribution is 8.00. The third-order valence-corrected chi connectivity index (χ3v) is 7.09. The number of carbonyl (C=O) groups is 3. The number of nitrogens with one attached hydrogen (secondary N) is 1. The second-order valence-corrected chi connectivity index (χ2v) is 8.95. The van der Waals surface area contributed by atoms with Crippen molar-refractivity contribution in [3.8, 4) is 0 Å². The van der Waals surface area contributed by atoms with E-state index in [0.717, 1.165) is 21.8 Å². The minimum Gasteiger partial charge on any atom is -0.462 e. The Morgan fingerprint density at radius 1 is 1.03 bits per heavy atom. The van der Waals surface area contributed by atoms with Crippen LogP contribution in [0.25, 0.3) is 0 Å². The standard InChI is InChI=1S/C24H23NO4S2/c1-4-29-24(28)19-15(2)20(16(3)26)31-23(19)25-22(27)21(17-11-7-5-8-12-17)30-18-13-9-6-10-14-18/h5-14,21H,4H2,1-3H3,(H,25,27). The van der Waals surface area contributed by atoms with Crippen LogP contribution in [0.2, 0.25) is 0 Å². The summed E-state index contributed by atoms with van der Waals surface area (Å²) in [6.07, 6.45) is 0. The number of hydrogen-bond donors (Lipinski definition) is 1. The van der Waals surface area contributed by atoms with Gasteiger partial charge in [0.05, 0.1) is 17.0 Å². The topological polar surface area (TPSA) is 72.5 Å². The highest BCUT2D eigenvalue weighted by Crippen LogP contribution is 2.39. The van der Waals surface area contributed by atoms with Crippen LogP contribution in [0.15, 0.2) is 65.6 Å². The van der Waals surface area contributed by atoms with E-state index in [1.54, 1.807) is 13.8 Å². The number of hydrogen-bond acceptors (Lipinski definition) is 6. The summed E-state index contributed by atoms with van der Waals surface area (Å²) in [5.41, 5.74) is 1.60. The van der Waals surface area contributed by atoms with Crippen molar-refractivity contribution in [1.82, 2.24) is 0 Å². The van der Waals surface area contributed by atoms with Crippen molar-refractivity contribution in [2.75, 3.05) is 11.9 Å². The molecule has 0 bridgehead atoms. The van der Waals surface area contributed by atoms with Gasteiger partial charge in [-0.2, -0.15) is 0 Å². The van der Waals surface area contributed by atoms with Gasteiger partial charge in [0.15, 0.2) is 5.78 Å². The van der Waals surface area contributed by atoms with Gasteiger partial charge in [0.25, 0.3) is 0 Å². The summed E-state index contributed by atoms with van der Waals surface area (Å²) in [5.74, 6) is -0.986. The highest BCUT2D eigenvalue weighted by Gasteiger charge is 2.28. The molecule has 0 aliphatic carbocycles. The molecule has 0 saturated carbocycles. The lowest BCUT2D eigenvalue weighted by atomic mass is 10.1. The van der Waals surface area contributed by atoms with Gasteiger partial charge < -0.3 is 10.1 Å². The number of Topliss-reactive ketones (excluding diaryl/α,β-unsaturated/α-hetero) is 1. The molecule has 160 valence electrons. The molecule has 0 spiro atoms. The first-order chi connectivity index (χ1) is 14.9. The summed E-state index contributed by atoms with van der Waals surface area (Å²) < 4.78 is 5.16. The van der Waals surface area contributed by atoms with Gasteiger partial charge in [-0.15, -0.1) is 23.1 Å². The lowest BCUT2D eigenvalue weighted by Crippen LogP contribution is -2.20. The predicted octanol–water partition coefficient (Wildman–Crippen LogP) is 5.91. The maximum Gasteiger partial charge on any atom is 0.341 e.